The molecule has 3 N–H and O–H groups in total. The van der Waals surface area contributed by atoms with Gasteiger partial charge < -0.3 is 11.1 Å². The van der Waals surface area contributed by atoms with Crippen LogP contribution in [0.3, 0.4) is 0 Å². The number of anilines is 1. The van der Waals surface area contributed by atoms with Gasteiger partial charge in [-0.3, -0.25) is 4.79 Å². The van der Waals surface area contributed by atoms with Crippen LogP contribution in [0.15, 0.2) is 59.3 Å². The first-order valence-electron chi connectivity index (χ1n) is 6.78. The smallest absolute Gasteiger partial charge is 0.259 e. The topological polar surface area (TPSA) is 102 Å². The molecule has 0 saturated carbocycles. The van der Waals surface area contributed by atoms with Gasteiger partial charge in [-0.05, 0) is 36.8 Å². The van der Waals surface area contributed by atoms with E-state index in [1.807, 2.05) is 0 Å². The van der Waals surface area contributed by atoms with Crippen molar-refractivity contribution in [1.29, 1.82) is 0 Å². The Morgan fingerprint density at radius 3 is 2.26 bits per heavy atom. The van der Waals surface area contributed by atoms with Crippen molar-refractivity contribution in [3.8, 4) is 0 Å². The third-order valence-corrected chi connectivity index (χ3v) is 4.23. The number of carbonyl (C=O) groups excluding carboxylic acids is 1. The molecule has 2 aromatic rings. The van der Waals surface area contributed by atoms with Crippen molar-refractivity contribution >= 4 is 27.1 Å². The molecule has 0 aliphatic carbocycles. The highest BCUT2D eigenvalue weighted by atomic mass is 32.2. The summed E-state index contributed by atoms with van der Waals surface area (Å²) in [4.78, 5) is 16.6. The quantitative estimate of drug-likeness (QED) is 0.832. The fourth-order valence-electron chi connectivity index (χ4n) is 2.02. The Labute approximate surface area is 135 Å². The zero-order chi connectivity index (χ0) is 17.0. The highest BCUT2D eigenvalue weighted by Gasteiger charge is 2.16. The predicted molar refractivity (Wildman–Crippen MR) is 89.2 cm³/mol. The number of pyridine rings is 1. The van der Waals surface area contributed by atoms with Crippen LogP contribution in [0, 0.1) is 0 Å². The van der Waals surface area contributed by atoms with E-state index in [2.05, 4.69) is 10.3 Å². The second-order valence-electron chi connectivity index (χ2n) is 5.02. The fraction of sp³-hybridized carbons (Fsp3) is 0.125. The second-order valence-corrected chi connectivity index (χ2v) is 7.04. The summed E-state index contributed by atoms with van der Waals surface area (Å²) in [5.41, 5.74) is 6.96. The second kappa shape index (κ2) is 6.62. The highest BCUT2D eigenvalue weighted by molar-refractivity contribution is 7.90. The number of nitrogens with one attached hydrogen (secondary N) is 1. The summed E-state index contributed by atoms with van der Waals surface area (Å²) in [5.74, 6) is -0.000174. The van der Waals surface area contributed by atoms with E-state index < -0.39 is 15.7 Å². The van der Waals surface area contributed by atoms with Gasteiger partial charge in [0.15, 0.2) is 9.84 Å². The van der Waals surface area contributed by atoms with Gasteiger partial charge in [-0.1, -0.05) is 18.2 Å². The Morgan fingerprint density at radius 2 is 1.78 bits per heavy atom. The number of rotatable bonds is 4. The van der Waals surface area contributed by atoms with Gasteiger partial charge in [-0.15, -0.1) is 0 Å². The molecular formula is C16H17N3O3S. The molecule has 2 rings (SSSR count). The van der Waals surface area contributed by atoms with E-state index in [1.54, 1.807) is 43.5 Å². The van der Waals surface area contributed by atoms with Crippen molar-refractivity contribution in [1.82, 2.24) is 4.98 Å². The molecule has 23 heavy (non-hydrogen) atoms. The van der Waals surface area contributed by atoms with Crippen molar-refractivity contribution in [3.05, 3.63) is 59.9 Å². The van der Waals surface area contributed by atoms with E-state index in [9.17, 15) is 13.2 Å². The number of nitrogens with zero attached hydrogens (tertiary/aromatic N) is 1. The average molecular weight is 331 g/mol. The molecule has 0 spiro atoms. The lowest BCUT2D eigenvalue weighted by Crippen LogP contribution is -2.17. The lowest BCUT2D eigenvalue weighted by Gasteiger charge is -2.11. The molecule has 1 heterocycles. The Kier molecular flexibility index (Phi) is 4.80. The summed E-state index contributed by atoms with van der Waals surface area (Å²) in [6.45, 7) is 1.61. The number of hydrogen-bond acceptors (Lipinski definition) is 5. The lowest BCUT2D eigenvalue weighted by atomic mass is 10.0. The number of hydrogen-bond donors (Lipinski definition) is 2. The number of allylic oxidation sites excluding steroid dienone is 1. The maximum absolute atomic E-state index is 12.4. The molecule has 0 bridgehead atoms. The molecule has 1 amide bonds. The van der Waals surface area contributed by atoms with E-state index in [0.29, 0.717) is 17.1 Å². The van der Waals surface area contributed by atoms with E-state index in [1.165, 1.54) is 12.1 Å². The fourth-order valence-corrected chi connectivity index (χ4v) is 2.65. The maximum Gasteiger partial charge on any atom is 0.259 e. The van der Waals surface area contributed by atoms with E-state index in [4.69, 9.17) is 5.73 Å². The van der Waals surface area contributed by atoms with Gasteiger partial charge in [0.05, 0.1) is 10.5 Å². The van der Waals surface area contributed by atoms with Crippen LogP contribution in [-0.2, 0) is 14.6 Å². The van der Waals surface area contributed by atoms with Crippen LogP contribution < -0.4 is 11.1 Å². The SMILES string of the molecule is C/C(N)=C(/C(=O)Nc1ccccn1)c1ccc(S(C)(=O)=O)cc1. The monoisotopic (exact) mass is 331 g/mol. The molecular weight excluding hydrogens is 314 g/mol. The van der Waals surface area contributed by atoms with Crippen molar-refractivity contribution in [2.45, 2.75) is 11.8 Å². The third kappa shape index (κ3) is 4.17. The summed E-state index contributed by atoms with van der Waals surface area (Å²) in [7, 11) is -3.29. The number of benzene rings is 1. The highest BCUT2D eigenvalue weighted by Crippen LogP contribution is 2.21. The summed E-state index contributed by atoms with van der Waals surface area (Å²) >= 11 is 0. The molecule has 7 heteroatoms. The van der Waals surface area contributed by atoms with Crippen LogP contribution in [0.1, 0.15) is 12.5 Å². The molecule has 0 saturated heterocycles. The van der Waals surface area contributed by atoms with Crippen molar-refractivity contribution in [3.63, 3.8) is 0 Å². The minimum Gasteiger partial charge on any atom is -0.402 e. The zero-order valence-corrected chi connectivity index (χ0v) is 13.6. The maximum atomic E-state index is 12.4. The number of nitrogens with two attached hydrogens (primary N) is 1. The molecule has 0 atom stereocenters. The Balaban J connectivity index is 2.33. The first kappa shape index (κ1) is 16.7. The normalized spacial score (nSPS) is 12.4. The van der Waals surface area contributed by atoms with Gasteiger partial charge in [-0.2, -0.15) is 0 Å². The first-order valence-corrected chi connectivity index (χ1v) is 8.67. The van der Waals surface area contributed by atoms with E-state index in [-0.39, 0.29) is 10.5 Å². The Bertz CT molecular complexity index is 838. The average Bonchev–Trinajstić information content (AvgIpc) is 2.47. The zero-order valence-electron chi connectivity index (χ0n) is 12.8. The first-order chi connectivity index (χ1) is 10.8. The van der Waals surface area contributed by atoms with Crippen molar-refractivity contribution in [2.75, 3.05) is 11.6 Å². The Hall–Kier alpha value is -2.67. The number of aromatic nitrogens is 1. The third-order valence-electron chi connectivity index (χ3n) is 3.10. The van der Waals surface area contributed by atoms with E-state index >= 15 is 0 Å². The molecule has 0 fully saturated rings. The van der Waals surface area contributed by atoms with Crippen LogP contribution in [0.2, 0.25) is 0 Å². The van der Waals surface area contributed by atoms with Gasteiger partial charge >= 0.3 is 0 Å². The summed E-state index contributed by atoms with van der Waals surface area (Å²) in [5, 5.41) is 2.66. The van der Waals surface area contributed by atoms with Gasteiger partial charge in [0.2, 0.25) is 0 Å². The molecule has 0 aliphatic heterocycles. The number of sulfone groups is 1. The van der Waals surface area contributed by atoms with Crippen LogP contribution in [0.25, 0.3) is 5.57 Å². The van der Waals surface area contributed by atoms with Gasteiger partial charge in [0, 0.05) is 18.1 Å². The Morgan fingerprint density at radius 1 is 1.13 bits per heavy atom. The van der Waals surface area contributed by atoms with Crippen molar-refractivity contribution in [2.24, 2.45) is 5.73 Å². The van der Waals surface area contributed by atoms with Crippen LogP contribution in [0.4, 0.5) is 5.82 Å². The summed E-state index contributed by atoms with van der Waals surface area (Å²) in [6.07, 6.45) is 2.69. The minimum absolute atomic E-state index is 0.181. The van der Waals surface area contributed by atoms with Crippen LogP contribution >= 0.6 is 0 Å². The van der Waals surface area contributed by atoms with Gasteiger partial charge in [0.1, 0.15) is 5.82 Å². The van der Waals surface area contributed by atoms with Gasteiger partial charge in [0.25, 0.3) is 5.91 Å². The van der Waals surface area contributed by atoms with Crippen LogP contribution in [0.5, 0.6) is 0 Å². The number of carbonyl (C=O) groups is 1. The molecule has 0 unspecified atom stereocenters. The van der Waals surface area contributed by atoms with Crippen molar-refractivity contribution < 1.29 is 13.2 Å². The van der Waals surface area contributed by atoms with Gasteiger partial charge in [-0.25, -0.2) is 13.4 Å². The minimum atomic E-state index is -3.29. The molecule has 0 aliphatic rings. The standard InChI is InChI=1S/C16H17N3O3S/c1-11(17)15(16(20)19-14-5-3-4-10-18-14)12-6-8-13(9-7-12)23(2,21)22/h3-10H,17H2,1-2H3,(H,18,19,20)/b15-11-. The molecule has 120 valence electrons. The molecule has 1 aromatic heterocycles. The molecule has 6 nitrogen and oxygen atoms in total. The summed E-state index contributed by atoms with van der Waals surface area (Å²) in [6, 6.07) is 11.2. The largest absolute Gasteiger partial charge is 0.402 e. The van der Waals surface area contributed by atoms with Crippen LogP contribution in [-0.4, -0.2) is 25.6 Å². The van der Waals surface area contributed by atoms with E-state index in [0.717, 1.165) is 6.26 Å². The predicted octanol–water partition coefficient (Wildman–Crippen LogP) is 1.81. The molecule has 1 aromatic carbocycles. The summed E-state index contributed by atoms with van der Waals surface area (Å²) < 4.78 is 23.0. The lowest BCUT2D eigenvalue weighted by molar-refractivity contribution is -0.111. The molecule has 0 radical (unpaired) electrons. The number of amides is 1.